The second-order valence-corrected chi connectivity index (χ2v) is 6.90. The maximum absolute atomic E-state index is 12.4. The molecule has 0 unspecified atom stereocenters. The van der Waals surface area contributed by atoms with Gasteiger partial charge in [0.2, 0.25) is 0 Å². The van der Waals surface area contributed by atoms with Gasteiger partial charge in [0, 0.05) is 0 Å². The van der Waals surface area contributed by atoms with E-state index in [1.165, 1.54) is 0 Å². The molecule has 2 rings (SSSR count). The quantitative estimate of drug-likeness (QED) is 0.477. The molecule has 0 aliphatic heterocycles. The van der Waals surface area contributed by atoms with E-state index in [1.807, 2.05) is 60.7 Å². The minimum atomic E-state index is -2.81. The molecule has 0 radical (unpaired) electrons. The molecule has 2 aromatic rings. The van der Waals surface area contributed by atoms with Crippen LogP contribution in [0, 0.1) is 0 Å². The second kappa shape index (κ2) is 6.11. The summed E-state index contributed by atoms with van der Waals surface area (Å²) < 4.78 is 0. The van der Waals surface area contributed by atoms with E-state index in [4.69, 9.17) is 11.8 Å². The Morgan fingerprint density at radius 1 is 0.750 bits per heavy atom. The molecule has 0 aliphatic rings. The standard InChI is InChI=1S/C12H11OPS.Na/c13-14(15,11-7-3-1-4-8-11)12-9-5-2-6-10-12;/h1-10H,(H,13,15);/q;+1/p-1. The molecule has 0 N–H and O–H groups in total. The molecule has 0 heterocycles. The maximum atomic E-state index is 12.4. The summed E-state index contributed by atoms with van der Waals surface area (Å²) in [5, 5.41) is 1.46. The summed E-state index contributed by atoms with van der Waals surface area (Å²) >= 11 is 5.23. The number of hydrogen-bond acceptors (Lipinski definition) is 2. The van der Waals surface area contributed by atoms with Crippen LogP contribution in [0.1, 0.15) is 0 Å². The average Bonchev–Trinajstić information content (AvgIpc) is 2.31. The van der Waals surface area contributed by atoms with E-state index in [2.05, 4.69) is 0 Å². The summed E-state index contributed by atoms with van der Waals surface area (Å²) in [5.74, 6) is 0. The summed E-state index contributed by atoms with van der Waals surface area (Å²) in [5.41, 5.74) is 0. The first kappa shape index (κ1) is 14.1. The van der Waals surface area contributed by atoms with Gasteiger partial charge in [-0.15, -0.1) is 11.8 Å². The van der Waals surface area contributed by atoms with E-state index in [0.717, 1.165) is 10.6 Å². The van der Waals surface area contributed by atoms with E-state index >= 15 is 0 Å². The predicted molar refractivity (Wildman–Crippen MR) is 66.4 cm³/mol. The zero-order valence-corrected chi connectivity index (χ0v) is 12.7. The van der Waals surface area contributed by atoms with E-state index in [-0.39, 0.29) is 29.6 Å². The molecule has 0 fully saturated rings. The van der Waals surface area contributed by atoms with Gasteiger partial charge in [0.25, 0.3) is 0 Å². The number of benzene rings is 2. The Hall–Kier alpha value is 0.0500. The van der Waals surface area contributed by atoms with Crippen LogP contribution < -0.4 is 45.1 Å². The summed E-state index contributed by atoms with van der Waals surface area (Å²) in [6, 6.07) is 18.5. The van der Waals surface area contributed by atoms with E-state index < -0.39 is 6.26 Å². The summed E-state index contributed by atoms with van der Waals surface area (Å²) in [6.45, 7) is 0. The van der Waals surface area contributed by atoms with Crippen molar-refractivity contribution in [1.29, 1.82) is 0 Å². The van der Waals surface area contributed by atoms with E-state index in [9.17, 15) is 4.89 Å². The molecule has 0 aliphatic carbocycles. The third kappa shape index (κ3) is 3.04. The van der Waals surface area contributed by atoms with Crippen molar-refractivity contribution in [2.45, 2.75) is 0 Å². The van der Waals surface area contributed by atoms with Crippen LogP contribution in [-0.4, -0.2) is 0 Å². The van der Waals surface area contributed by atoms with Crippen LogP contribution in [0.4, 0.5) is 0 Å². The normalized spacial score (nSPS) is 10.6. The average molecular weight is 256 g/mol. The Bertz CT molecular complexity index is 443. The third-order valence-corrected chi connectivity index (χ3v) is 5.41. The van der Waals surface area contributed by atoms with Crippen molar-refractivity contribution < 1.29 is 34.5 Å². The molecule has 0 atom stereocenters. The van der Waals surface area contributed by atoms with Gasteiger partial charge in [0.1, 0.15) is 0 Å². The van der Waals surface area contributed by atoms with Crippen molar-refractivity contribution in [2.24, 2.45) is 0 Å². The molecular weight excluding hydrogens is 246 g/mol. The molecule has 2 aromatic carbocycles. The first-order chi connectivity index (χ1) is 7.21. The summed E-state index contributed by atoms with van der Waals surface area (Å²) in [7, 11) is 0. The molecule has 0 saturated carbocycles. The summed E-state index contributed by atoms with van der Waals surface area (Å²) in [4.78, 5) is 12.4. The van der Waals surface area contributed by atoms with E-state index in [0.29, 0.717) is 0 Å². The van der Waals surface area contributed by atoms with Crippen LogP contribution >= 0.6 is 6.26 Å². The Kier molecular flexibility index (Phi) is 5.39. The molecule has 0 saturated heterocycles. The molecule has 0 spiro atoms. The van der Waals surface area contributed by atoms with Gasteiger partial charge in [-0.3, -0.25) is 0 Å². The van der Waals surface area contributed by atoms with Crippen molar-refractivity contribution >= 4 is 28.7 Å². The first-order valence-electron chi connectivity index (χ1n) is 4.63. The largest absolute Gasteiger partial charge is 1.00 e. The van der Waals surface area contributed by atoms with Gasteiger partial charge in [-0.1, -0.05) is 66.9 Å². The Morgan fingerprint density at radius 3 is 1.38 bits per heavy atom. The molecule has 0 bridgehead atoms. The number of hydrogen-bond donors (Lipinski definition) is 0. The van der Waals surface area contributed by atoms with Crippen LogP contribution in [0.25, 0.3) is 0 Å². The van der Waals surface area contributed by atoms with Crippen molar-refractivity contribution in [3.05, 3.63) is 60.7 Å². The molecule has 4 heteroatoms. The first-order valence-corrected chi connectivity index (χ1v) is 7.35. The minimum Gasteiger partial charge on any atom is -0.814 e. The van der Waals surface area contributed by atoms with Crippen LogP contribution in [0.2, 0.25) is 0 Å². The van der Waals surface area contributed by atoms with Gasteiger partial charge < -0.3 is 4.89 Å². The zero-order chi connectivity index (χ0) is 10.7. The SMILES string of the molecule is [Na+].[O-]P(=S)(c1ccccc1)c1ccccc1. The van der Waals surface area contributed by atoms with Gasteiger partial charge in [-0.2, -0.15) is 0 Å². The molecule has 0 aromatic heterocycles. The Labute approximate surface area is 123 Å². The van der Waals surface area contributed by atoms with Gasteiger partial charge in [0.15, 0.2) is 0 Å². The Morgan fingerprint density at radius 2 is 1.06 bits per heavy atom. The molecule has 76 valence electrons. The second-order valence-electron chi connectivity index (χ2n) is 3.22. The number of rotatable bonds is 2. The zero-order valence-electron chi connectivity index (χ0n) is 9.04. The Balaban J connectivity index is 0.00000128. The monoisotopic (exact) mass is 256 g/mol. The molecule has 0 amide bonds. The van der Waals surface area contributed by atoms with Crippen molar-refractivity contribution in [3.63, 3.8) is 0 Å². The van der Waals surface area contributed by atoms with Crippen molar-refractivity contribution in [3.8, 4) is 0 Å². The fourth-order valence-electron chi connectivity index (χ4n) is 1.40. The topological polar surface area (TPSA) is 23.1 Å². The fraction of sp³-hybridized carbons (Fsp3) is 0. The van der Waals surface area contributed by atoms with Crippen LogP contribution in [0.15, 0.2) is 60.7 Å². The minimum absolute atomic E-state index is 0. The van der Waals surface area contributed by atoms with Crippen LogP contribution in [0.5, 0.6) is 0 Å². The van der Waals surface area contributed by atoms with E-state index in [1.54, 1.807) is 0 Å². The molecular formula is C12H10NaOPS. The summed E-state index contributed by atoms with van der Waals surface area (Å²) in [6.07, 6.45) is -2.81. The fourth-order valence-corrected chi connectivity index (χ4v) is 3.56. The van der Waals surface area contributed by atoms with Gasteiger partial charge in [-0.25, -0.2) is 0 Å². The molecule has 16 heavy (non-hydrogen) atoms. The predicted octanol–water partition coefficient (Wildman–Crippen LogP) is -1.60. The van der Waals surface area contributed by atoms with Crippen LogP contribution in [0.3, 0.4) is 0 Å². The van der Waals surface area contributed by atoms with Gasteiger partial charge >= 0.3 is 29.6 Å². The smallest absolute Gasteiger partial charge is 0.814 e. The van der Waals surface area contributed by atoms with Gasteiger partial charge in [0.05, 0.1) is 0 Å². The molecule has 1 nitrogen and oxygen atoms in total. The third-order valence-electron chi connectivity index (χ3n) is 2.19. The van der Waals surface area contributed by atoms with Crippen molar-refractivity contribution in [1.82, 2.24) is 0 Å². The maximum Gasteiger partial charge on any atom is 1.00 e. The van der Waals surface area contributed by atoms with Crippen LogP contribution in [-0.2, 0) is 11.8 Å². The van der Waals surface area contributed by atoms with Crippen molar-refractivity contribution in [2.75, 3.05) is 0 Å². The van der Waals surface area contributed by atoms with Gasteiger partial charge in [-0.05, 0) is 10.6 Å².